The van der Waals surface area contributed by atoms with E-state index in [4.69, 9.17) is 0 Å². The van der Waals surface area contributed by atoms with Crippen molar-refractivity contribution in [2.24, 2.45) is 0 Å². The summed E-state index contributed by atoms with van der Waals surface area (Å²) in [7, 11) is 2.00. The summed E-state index contributed by atoms with van der Waals surface area (Å²) in [5, 5.41) is 0. The lowest BCUT2D eigenvalue weighted by atomic mass is 10.2. The Balaban J connectivity index is -0.000000116. The van der Waals surface area contributed by atoms with Crippen molar-refractivity contribution >= 4 is 0 Å². The third-order valence-electron chi connectivity index (χ3n) is 2.20. The van der Waals surface area contributed by atoms with Crippen molar-refractivity contribution in [3.8, 4) is 0 Å². The van der Waals surface area contributed by atoms with Gasteiger partial charge in [-0.05, 0) is 37.1 Å². The maximum absolute atomic E-state index is 3.88. The highest BCUT2D eigenvalue weighted by atomic mass is 15.1. The molecule has 2 heterocycles. The Morgan fingerprint density at radius 2 is 1.48 bits per heavy atom. The average molecular weight is 321 g/mol. The number of aryl methyl sites for hydroxylation is 1. The molecule has 0 fully saturated rings. The van der Waals surface area contributed by atoms with Crippen LogP contribution in [0.5, 0.6) is 0 Å². The standard InChI is InChI=1S/C8H11N.C6H7N.3C2H6.CH4/c1-7-4-5-8(2)9(3)6-7;1-6-3-2-4-7-5-6;3*1-2;/h4-6H,2H2,1,3H3;2-5H,1H3;3*1-2H3;1H4. The van der Waals surface area contributed by atoms with Gasteiger partial charge in [0.05, 0.1) is 0 Å². The van der Waals surface area contributed by atoms with E-state index < -0.39 is 0 Å². The van der Waals surface area contributed by atoms with Crippen LogP contribution in [0.2, 0.25) is 0 Å². The Hall–Kier alpha value is -1.83. The van der Waals surface area contributed by atoms with Crippen molar-refractivity contribution < 1.29 is 0 Å². The highest BCUT2D eigenvalue weighted by Gasteiger charge is 1.98. The lowest BCUT2D eigenvalue weighted by Gasteiger charge is -2.18. The third-order valence-corrected chi connectivity index (χ3v) is 2.20. The molecule has 0 bridgehead atoms. The van der Waals surface area contributed by atoms with Crippen LogP contribution in [0.25, 0.3) is 0 Å². The molecule has 134 valence electrons. The van der Waals surface area contributed by atoms with Gasteiger partial charge in [-0.25, -0.2) is 0 Å². The Morgan fingerprint density at radius 3 is 1.74 bits per heavy atom. The van der Waals surface area contributed by atoms with Gasteiger partial charge in [-0.2, -0.15) is 0 Å². The SMILES string of the molecule is C.C=C1C=CC(C)=CN1C.CC.CC.CC.Cc1cccnc1. The molecule has 0 saturated heterocycles. The molecule has 1 aliphatic heterocycles. The van der Waals surface area contributed by atoms with Crippen LogP contribution in [-0.4, -0.2) is 16.9 Å². The first kappa shape index (κ1) is 29.2. The van der Waals surface area contributed by atoms with Gasteiger partial charge in [-0.15, -0.1) is 0 Å². The van der Waals surface area contributed by atoms with Gasteiger partial charge in [0, 0.05) is 31.3 Å². The number of likely N-dealkylation sites (N-methyl/N-ethyl adjacent to an activating group) is 1. The van der Waals surface area contributed by atoms with E-state index in [0.717, 1.165) is 5.70 Å². The summed E-state index contributed by atoms with van der Waals surface area (Å²) in [6.45, 7) is 19.9. The van der Waals surface area contributed by atoms with E-state index in [1.165, 1.54) is 11.1 Å². The van der Waals surface area contributed by atoms with Crippen LogP contribution in [0, 0.1) is 6.92 Å². The molecular weight excluding hydrogens is 280 g/mol. The molecule has 2 rings (SSSR count). The van der Waals surface area contributed by atoms with E-state index in [1.807, 2.05) is 84.8 Å². The number of pyridine rings is 1. The van der Waals surface area contributed by atoms with E-state index >= 15 is 0 Å². The summed E-state index contributed by atoms with van der Waals surface area (Å²) < 4.78 is 0. The molecule has 0 atom stereocenters. The fourth-order valence-corrected chi connectivity index (χ4v) is 1.22. The smallest absolute Gasteiger partial charge is 0.0330 e. The minimum Gasteiger partial charge on any atom is -0.351 e. The molecule has 0 N–H and O–H groups in total. The summed E-state index contributed by atoms with van der Waals surface area (Å²) in [6, 6.07) is 3.95. The lowest BCUT2D eigenvalue weighted by Crippen LogP contribution is -2.10. The molecule has 0 unspecified atom stereocenters. The molecule has 0 aromatic carbocycles. The molecule has 0 amide bonds. The maximum atomic E-state index is 3.88. The van der Waals surface area contributed by atoms with E-state index in [-0.39, 0.29) is 7.43 Å². The molecule has 1 aromatic heterocycles. The summed E-state index contributed by atoms with van der Waals surface area (Å²) in [5.74, 6) is 0. The molecule has 0 spiro atoms. The Labute approximate surface area is 146 Å². The zero-order chi connectivity index (χ0) is 18.0. The highest BCUT2D eigenvalue weighted by Crippen LogP contribution is 2.11. The number of nitrogens with zero attached hydrogens (tertiary/aromatic N) is 2. The number of hydrogen-bond acceptors (Lipinski definition) is 2. The minimum atomic E-state index is 0. The van der Waals surface area contributed by atoms with Crippen molar-refractivity contribution in [1.29, 1.82) is 0 Å². The average Bonchev–Trinajstić information content (AvgIpc) is 2.58. The second kappa shape index (κ2) is 22.5. The van der Waals surface area contributed by atoms with Gasteiger partial charge in [0.15, 0.2) is 0 Å². The first-order valence-corrected chi connectivity index (χ1v) is 8.24. The normalized spacial score (nSPS) is 10.6. The van der Waals surface area contributed by atoms with Crippen LogP contribution in [0.15, 0.2) is 60.7 Å². The molecule has 2 nitrogen and oxygen atoms in total. The fourth-order valence-electron chi connectivity index (χ4n) is 1.22. The van der Waals surface area contributed by atoms with Crippen LogP contribution in [-0.2, 0) is 0 Å². The fraction of sp³-hybridized carbons (Fsp3) is 0.476. The number of hydrogen-bond donors (Lipinski definition) is 0. The molecule has 0 radical (unpaired) electrons. The minimum absolute atomic E-state index is 0. The van der Waals surface area contributed by atoms with Crippen LogP contribution in [0.1, 0.15) is 61.5 Å². The van der Waals surface area contributed by atoms with Crippen molar-refractivity contribution in [1.82, 2.24) is 9.88 Å². The van der Waals surface area contributed by atoms with Crippen LogP contribution in [0.4, 0.5) is 0 Å². The van der Waals surface area contributed by atoms with Crippen molar-refractivity contribution in [3.05, 3.63) is 66.3 Å². The Kier molecular flexibility index (Phi) is 28.5. The van der Waals surface area contributed by atoms with Gasteiger partial charge >= 0.3 is 0 Å². The zero-order valence-electron chi connectivity index (χ0n) is 16.1. The predicted octanol–water partition coefficient (Wildman–Crippen LogP) is 7.01. The van der Waals surface area contributed by atoms with Gasteiger partial charge in [-0.3, -0.25) is 4.98 Å². The molecule has 1 aliphatic rings. The van der Waals surface area contributed by atoms with Gasteiger partial charge in [0.25, 0.3) is 0 Å². The van der Waals surface area contributed by atoms with Gasteiger partial charge in [0.1, 0.15) is 0 Å². The molecule has 0 saturated carbocycles. The van der Waals surface area contributed by atoms with Crippen molar-refractivity contribution in [2.45, 2.75) is 62.8 Å². The molecule has 0 aliphatic carbocycles. The van der Waals surface area contributed by atoms with Crippen LogP contribution in [0.3, 0.4) is 0 Å². The second-order valence-corrected chi connectivity index (χ2v) is 3.84. The topological polar surface area (TPSA) is 16.1 Å². The van der Waals surface area contributed by atoms with Crippen LogP contribution < -0.4 is 0 Å². The van der Waals surface area contributed by atoms with Crippen LogP contribution >= 0.6 is 0 Å². The third kappa shape index (κ3) is 18.1. The maximum Gasteiger partial charge on any atom is 0.0330 e. The molecule has 1 aromatic rings. The highest BCUT2D eigenvalue weighted by molar-refractivity contribution is 5.30. The molecular formula is C21H40N2. The van der Waals surface area contributed by atoms with Gasteiger partial charge < -0.3 is 4.90 Å². The Morgan fingerprint density at radius 1 is 0.957 bits per heavy atom. The van der Waals surface area contributed by atoms with E-state index in [2.05, 4.69) is 30.8 Å². The van der Waals surface area contributed by atoms with Crippen molar-refractivity contribution in [3.63, 3.8) is 0 Å². The second-order valence-electron chi connectivity index (χ2n) is 3.84. The first-order valence-electron chi connectivity index (χ1n) is 8.24. The van der Waals surface area contributed by atoms with E-state index in [0.29, 0.717) is 0 Å². The van der Waals surface area contributed by atoms with E-state index in [1.54, 1.807) is 6.20 Å². The molecule has 23 heavy (non-hydrogen) atoms. The summed E-state index contributed by atoms with van der Waals surface area (Å²) in [6.07, 6.45) is 9.73. The van der Waals surface area contributed by atoms with Gasteiger partial charge in [-0.1, -0.05) is 67.7 Å². The van der Waals surface area contributed by atoms with Crippen molar-refractivity contribution in [2.75, 3.05) is 7.05 Å². The molecule has 2 heteroatoms. The summed E-state index contributed by atoms with van der Waals surface area (Å²) >= 11 is 0. The number of allylic oxidation sites excluding steroid dienone is 3. The largest absolute Gasteiger partial charge is 0.351 e. The monoisotopic (exact) mass is 320 g/mol. The predicted molar refractivity (Wildman–Crippen MR) is 110 cm³/mol. The zero-order valence-corrected chi connectivity index (χ0v) is 16.1. The lowest BCUT2D eigenvalue weighted by molar-refractivity contribution is 0.581. The summed E-state index contributed by atoms with van der Waals surface area (Å²) in [5.41, 5.74) is 3.52. The summed E-state index contributed by atoms with van der Waals surface area (Å²) in [4.78, 5) is 5.89. The number of rotatable bonds is 0. The van der Waals surface area contributed by atoms with E-state index in [9.17, 15) is 0 Å². The van der Waals surface area contributed by atoms with Gasteiger partial charge in [0.2, 0.25) is 0 Å². The quantitative estimate of drug-likeness (QED) is 0.511. The Bertz CT molecular complexity index is 403. The number of aromatic nitrogens is 1. The first-order chi connectivity index (χ1) is 10.6.